The molecule has 0 bridgehead atoms. The van der Waals surface area contributed by atoms with Crippen LogP contribution in [0.3, 0.4) is 0 Å². The lowest BCUT2D eigenvalue weighted by atomic mass is 10.0. The third-order valence-corrected chi connectivity index (χ3v) is 3.92. The third-order valence-electron chi connectivity index (χ3n) is 2.87. The topological polar surface area (TPSA) is 68.1 Å². The van der Waals surface area contributed by atoms with Crippen molar-refractivity contribution in [1.29, 1.82) is 0 Å². The van der Waals surface area contributed by atoms with Gasteiger partial charge in [0.1, 0.15) is 5.82 Å². The fourth-order valence-corrected chi connectivity index (χ4v) is 3.03. The van der Waals surface area contributed by atoms with Crippen molar-refractivity contribution in [3.63, 3.8) is 0 Å². The summed E-state index contributed by atoms with van der Waals surface area (Å²) in [4.78, 5) is 14.3. The van der Waals surface area contributed by atoms with Crippen molar-refractivity contribution in [2.45, 2.75) is 12.8 Å². The number of nitrogens with one attached hydrogen (secondary N) is 1. The molecule has 0 radical (unpaired) electrons. The lowest BCUT2D eigenvalue weighted by molar-refractivity contribution is -0.384. The van der Waals surface area contributed by atoms with Gasteiger partial charge in [-0.25, -0.2) is 4.98 Å². The van der Waals surface area contributed by atoms with Gasteiger partial charge in [0.25, 0.3) is 5.69 Å². The van der Waals surface area contributed by atoms with E-state index in [0.717, 1.165) is 6.54 Å². The molecule has 1 aromatic heterocycles. The van der Waals surface area contributed by atoms with Crippen molar-refractivity contribution in [1.82, 2.24) is 4.98 Å². The molecule has 1 saturated heterocycles. The summed E-state index contributed by atoms with van der Waals surface area (Å²) in [6.45, 7) is 0.856. The van der Waals surface area contributed by atoms with Gasteiger partial charge in [-0.1, -0.05) is 0 Å². The van der Waals surface area contributed by atoms with E-state index in [1.54, 1.807) is 0 Å². The number of thioether (sulfide) groups is 1. The monoisotopic (exact) mass is 253 g/mol. The van der Waals surface area contributed by atoms with Gasteiger partial charge >= 0.3 is 0 Å². The molecule has 0 aromatic carbocycles. The SMILES string of the molecule is O=[N+]([O-])c1ccnc(NCC2CCSCC2)c1. The molecule has 2 rings (SSSR count). The first-order valence-electron chi connectivity index (χ1n) is 5.68. The minimum absolute atomic E-state index is 0.0849. The molecular weight excluding hydrogens is 238 g/mol. The normalized spacial score (nSPS) is 16.7. The predicted molar refractivity (Wildman–Crippen MR) is 69.4 cm³/mol. The summed E-state index contributed by atoms with van der Waals surface area (Å²) in [6, 6.07) is 2.89. The van der Waals surface area contributed by atoms with Crippen LogP contribution < -0.4 is 5.32 Å². The molecule has 0 amide bonds. The average molecular weight is 253 g/mol. The van der Waals surface area contributed by atoms with Crippen LogP contribution in [0.2, 0.25) is 0 Å². The molecule has 1 aliphatic rings. The van der Waals surface area contributed by atoms with Crippen molar-refractivity contribution in [3.05, 3.63) is 28.4 Å². The maximum atomic E-state index is 10.6. The zero-order chi connectivity index (χ0) is 12.1. The van der Waals surface area contributed by atoms with Gasteiger partial charge in [0, 0.05) is 18.8 Å². The smallest absolute Gasteiger partial charge is 0.274 e. The van der Waals surface area contributed by atoms with Crippen LogP contribution in [0.5, 0.6) is 0 Å². The molecule has 0 aliphatic carbocycles. The van der Waals surface area contributed by atoms with E-state index in [4.69, 9.17) is 0 Å². The Morgan fingerprint density at radius 3 is 3.00 bits per heavy atom. The second kappa shape index (κ2) is 5.86. The van der Waals surface area contributed by atoms with Gasteiger partial charge in [-0.15, -0.1) is 0 Å². The summed E-state index contributed by atoms with van der Waals surface area (Å²) in [6.07, 6.45) is 3.90. The fourth-order valence-electron chi connectivity index (χ4n) is 1.83. The van der Waals surface area contributed by atoms with E-state index in [-0.39, 0.29) is 5.69 Å². The molecule has 0 unspecified atom stereocenters. The zero-order valence-electron chi connectivity index (χ0n) is 9.46. The van der Waals surface area contributed by atoms with E-state index < -0.39 is 4.92 Å². The molecule has 17 heavy (non-hydrogen) atoms. The van der Waals surface area contributed by atoms with Crippen LogP contribution in [0.1, 0.15) is 12.8 Å². The molecule has 0 spiro atoms. The molecular formula is C11H15N3O2S. The summed E-state index contributed by atoms with van der Waals surface area (Å²) in [7, 11) is 0. The first kappa shape index (κ1) is 12.2. The molecule has 5 nitrogen and oxygen atoms in total. The maximum Gasteiger partial charge on any atom is 0.274 e. The highest BCUT2D eigenvalue weighted by Gasteiger charge is 2.14. The Kier molecular flexibility index (Phi) is 4.19. The lowest BCUT2D eigenvalue weighted by Crippen LogP contribution is -2.19. The summed E-state index contributed by atoms with van der Waals surface area (Å²) < 4.78 is 0. The number of pyridine rings is 1. The van der Waals surface area contributed by atoms with Crippen molar-refractivity contribution >= 4 is 23.3 Å². The Labute approximate surface area is 104 Å². The van der Waals surface area contributed by atoms with Gasteiger partial charge < -0.3 is 5.32 Å². The number of nitro groups is 1. The van der Waals surface area contributed by atoms with Gasteiger partial charge in [-0.3, -0.25) is 10.1 Å². The number of aromatic nitrogens is 1. The maximum absolute atomic E-state index is 10.6. The molecule has 1 aliphatic heterocycles. The van der Waals surface area contributed by atoms with Crippen LogP contribution in [0.4, 0.5) is 11.5 Å². The van der Waals surface area contributed by atoms with E-state index in [0.29, 0.717) is 11.7 Å². The van der Waals surface area contributed by atoms with E-state index in [2.05, 4.69) is 10.3 Å². The predicted octanol–water partition coefficient (Wildman–Crippen LogP) is 2.54. The molecule has 1 aromatic rings. The van der Waals surface area contributed by atoms with Crippen LogP contribution in [-0.2, 0) is 0 Å². The zero-order valence-corrected chi connectivity index (χ0v) is 10.3. The fraction of sp³-hybridized carbons (Fsp3) is 0.545. The Balaban J connectivity index is 1.89. The minimum Gasteiger partial charge on any atom is -0.370 e. The van der Waals surface area contributed by atoms with E-state index in [1.807, 2.05) is 11.8 Å². The second-order valence-electron chi connectivity index (χ2n) is 4.09. The first-order valence-corrected chi connectivity index (χ1v) is 6.83. The van der Waals surface area contributed by atoms with Crippen molar-refractivity contribution in [2.24, 2.45) is 5.92 Å². The molecule has 6 heteroatoms. The quantitative estimate of drug-likeness (QED) is 0.659. The molecule has 2 heterocycles. The highest BCUT2D eigenvalue weighted by Crippen LogP contribution is 2.23. The van der Waals surface area contributed by atoms with Crippen LogP contribution in [-0.4, -0.2) is 28.0 Å². The lowest BCUT2D eigenvalue weighted by Gasteiger charge is -2.21. The first-order chi connectivity index (χ1) is 8.25. The number of hydrogen-bond acceptors (Lipinski definition) is 5. The largest absolute Gasteiger partial charge is 0.370 e. The Hall–Kier alpha value is -1.30. The van der Waals surface area contributed by atoms with Gasteiger partial charge in [0.2, 0.25) is 0 Å². The molecule has 1 N–H and O–H groups in total. The molecule has 92 valence electrons. The van der Waals surface area contributed by atoms with Crippen molar-refractivity contribution in [3.8, 4) is 0 Å². The van der Waals surface area contributed by atoms with Gasteiger partial charge in [0.05, 0.1) is 11.0 Å². The number of nitrogens with zero attached hydrogens (tertiary/aromatic N) is 2. The summed E-state index contributed by atoms with van der Waals surface area (Å²) in [5, 5.41) is 13.8. The molecule has 1 fully saturated rings. The van der Waals surface area contributed by atoms with Crippen molar-refractivity contribution in [2.75, 3.05) is 23.4 Å². The summed E-state index contributed by atoms with van der Waals surface area (Å²) in [5.74, 6) is 3.69. The van der Waals surface area contributed by atoms with Crippen LogP contribution >= 0.6 is 11.8 Å². The van der Waals surface area contributed by atoms with Gasteiger partial charge in [-0.05, 0) is 30.3 Å². The highest BCUT2D eigenvalue weighted by atomic mass is 32.2. The van der Waals surface area contributed by atoms with E-state index in [1.165, 1.54) is 42.7 Å². The average Bonchev–Trinajstić information content (AvgIpc) is 2.38. The Bertz CT molecular complexity index is 394. The van der Waals surface area contributed by atoms with Crippen LogP contribution in [0.15, 0.2) is 18.3 Å². The van der Waals surface area contributed by atoms with Gasteiger partial charge in [0.15, 0.2) is 0 Å². The minimum atomic E-state index is -0.399. The number of rotatable bonds is 4. The Morgan fingerprint density at radius 2 is 2.29 bits per heavy atom. The molecule has 0 saturated carbocycles. The summed E-state index contributed by atoms with van der Waals surface area (Å²) >= 11 is 1.99. The van der Waals surface area contributed by atoms with Gasteiger partial charge in [-0.2, -0.15) is 11.8 Å². The van der Waals surface area contributed by atoms with Crippen molar-refractivity contribution < 1.29 is 4.92 Å². The Morgan fingerprint density at radius 1 is 1.53 bits per heavy atom. The standard InChI is InChI=1S/C11H15N3O2S/c15-14(16)10-1-4-12-11(7-10)13-8-9-2-5-17-6-3-9/h1,4,7,9H,2-3,5-6,8H2,(H,12,13). The number of hydrogen-bond donors (Lipinski definition) is 1. The summed E-state index contributed by atoms with van der Waals surface area (Å²) in [5.41, 5.74) is 0.0849. The van der Waals surface area contributed by atoms with E-state index >= 15 is 0 Å². The van der Waals surface area contributed by atoms with E-state index in [9.17, 15) is 10.1 Å². The second-order valence-corrected chi connectivity index (χ2v) is 5.32. The third kappa shape index (κ3) is 3.59. The molecule has 0 atom stereocenters. The van der Waals surface area contributed by atoms with Crippen LogP contribution in [0.25, 0.3) is 0 Å². The number of anilines is 1. The highest BCUT2D eigenvalue weighted by molar-refractivity contribution is 7.99. The van der Waals surface area contributed by atoms with Crippen LogP contribution in [0, 0.1) is 16.0 Å².